The minimum atomic E-state index is -4.94. The van der Waals surface area contributed by atoms with Gasteiger partial charge in [-0.25, -0.2) is 9.13 Å². The summed E-state index contributed by atoms with van der Waals surface area (Å²) in [4.78, 5) is 58.8. The number of phosphoric acid groups is 2. The lowest BCUT2D eigenvalue weighted by Gasteiger charge is -2.21. The van der Waals surface area contributed by atoms with Crippen molar-refractivity contribution in [2.75, 3.05) is 39.6 Å². The fourth-order valence-corrected chi connectivity index (χ4v) is 13.7. The average Bonchev–Trinajstić information content (AvgIpc) is 0.902. The molecule has 0 aliphatic rings. The molecule has 0 aromatic heterocycles. The van der Waals surface area contributed by atoms with E-state index in [2.05, 4.69) is 154 Å². The number of aliphatic hydroxyl groups excluding tert-OH is 2. The van der Waals surface area contributed by atoms with E-state index in [1.807, 2.05) is 0 Å². The van der Waals surface area contributed by atoms with Gasteiger partial charge < -0.3 is 34.2 Å². The Hall–Kier alpha value is -4.31. The largest absolute Gasteiger partial charge is 0.472 e. The number of esters is 3. The van der Waals surface area contributed by atoms with Gasteiger partial charge in [0.1, 0.15) is 25.4 Å². The van der Waals surface area contributed by atoms with Crippen molar-refractivity contribution >= 4 is 33.6 Å². The lowest BCUT2D eigenvalue weighted by molar-refractivity contribution is -0.161. The first-order chi connectivity index (χ1) is 54.2. The van der Waals surface area contributed by atoms with Gasteiger partial charge in [-0.2, -0.15) is 0 Å². The molecule has 0 aliphatic carbocycles. The SMILES string of the molecule is CC/C=C\C/C=C\C/C=C\C/C=C\C/C=C\CCCCCCCCCCCCCCCCCCCC(=O)OCC(O)COP(=O)(O)OCC(O)COP(=O)(O)OCC(COC(=O)CCCCCCCCCCCCC/C=C\C/C=C\C/C=C\C/C=C\C/C=C\CC)OC(=O)CCCCCCC/C=C\CCCCCCCC. The Morgan fingerprint density at radius 1 is 0.261 bits per heavy atom. The van der Waals surface area contributed by atoms with Crippen molar-refractivity contribution < 1.29 is 75.8 Å². The van der Waals surface area contributed by atoms with Crippen LogP contribution in [0, 0.1) is 0 Å². The van der Waals surface area contributed by atoms with Gasteiger partial charge in [0.25, 0.3) is 0 Å². The summed E-state index contributed by atoms with van der Waals surface area (Å²) in [5.41, 5.74) is 0. The molecule has 0 amide bonds. The van der Waals surface area contributed by atoms with Crippen molar-refractivity contribution in [1.82, 2.24) is 0 Å². The minimum absolute atomic E-state index is 0.0939. The molecular formula is C93H162O16P2. The highest BCUT2D eigenvalue weighted by Crippen LogP contribution is 2.45. The first kappa shape index (κ1) is 107. The predicted molar refractivity (Wildman–Crippen MR) is 463 cm³/mol. The number of carbonyl (C=O) groups is 3. The number of hydrogen-bond acceptors (Lipinski definition) is 14. The van der Waals surface area contributed by atoms with Crippen LogP contribution in [-0.2, 0) is 55.8 Å². The molecule has 0 aromatic carbocycles. The second kappa shape index (κ2) is 85.1. The van der Waals surface area contributed by atoms with Gasteiger partial charge in [0, 0.05) is 19.3 Å². The summed E-state index contributed by atoms with van der Waals surface area (Å²) in [6.45, 7) is 2.49. The second-order valence-electron chi connectivity index (χ2n) is 29.6. The summed E-state index contributed by atoms with van der Waals surface area (Å²) >= 11 is 0. The van der Waals surface area contributed by atoms with E-state index in [9.17, 15) is 43.5 Å². The van der Waals surface area contributed by atoms with Crippen molar-refractivity contribution in [2.24, 2.45) is 0 Å². The zero-order chi connectivity index (χ0) is 80.8. The van der Waals surface area contributed by atoms with E-state index in [0.717, 1.165) is 154 Å². The maximum absolute atomic E-state index is 13.0. The molecule has 0 saturated heterocycles. The maximum atomic E-state index is 13.0. The topological polar surface area (TPSA) is 231 Å². The number of hydrogen-bond donors (Lipinski definition) is 4. The van der Waals surface area contributed by atoms with Gasteiger partial charge in [-0.05, 0) is 135 Å². The van der Waals surface area contributed by atoms with Gasteiger partial charge in [-0.1, -0.05) is 360 Å². The zero-order valence-electron chi connectivity index (χ0n) is 70.4. The van der Waals surface area contributed by atoms with Crippen molar-refractivity contribution in [3.63, 3.8) is 0 Å². The van der Waals surface area contributed by atoms with Gasteiger partial charge in [-0.3, -0.25) is 32.5 Å². The van der Waals surface area contributed by atoms with Gasteiger partial charge in [-0.15, -0.1) is 0 Å². The van der Waals surface area contributed by atoms with Gasteiger partial charge in [0.2, 0.25) is 0 Å². The van der Waals surface area contributed by atoms with Crippen molar-refractivity contribution in [3.8, 4) is 0 Å². The molecule has 0 rings (SSSR count). The third kappa shape index (κ3) is 86.4. The quantitative estimate of drug-likeness (QED) is 0.0146. The lowest BCUT2D eigenvalue weighted by Crippen LogP contribution is -2.30. The first-order valence-electron chi connectivity index (χ1n) is 44.5. The highest BCUT2D eigenvalue weighted by molar-refractivity contribution is 7.47. The summed E-state index contributed by atoms with van der Waals surface area (Å²) in [5, 5.41) is 20.7. The Bertz CT molecular complexity index is 2550. The Labute approximate surface area is 677 Å². The third-order valence-electron chi connectivity index (χ3n) is 18.8. The molecule has 0 fully saturated rings. The van der Waals surface area contributed by atoms with Crippen molar-refractivity contribution in [3.05, 3.63) is 134 Å². The molecule has 0 aromatic rings. The Kier molecular flexibility index (Phi) is 81.8. The molecule has 5 unspecified atom stereocenters. The smallest absolute Gasteiger partial charge is 0.463 e. The van der Waals surface area contributed by atoms with Crippen LogP contribution < -0.4 is 0 Å². The number of allylic oxidation sites excluding steroid dienone is 22. The molecular weight excluding hydrogens is 1430 g/mol. The van der Waals surface area contributed by atoms with Crippen LogP contribution in [0.5, 0.6) is 0 Å². The van der Waals surface area contributed by atoms with Crippen LogP contribution in [0.15, 0.2) is 134 Å². The Balaban J connectivity index is 4.45. The summed E-state index contributed by atoms with van der Waals surface area (Å²) in [5.74, 6) is -1.57. The average molecular weight is 1600 g/mol. The molecule has 5 atom stereocenters. The van der Waals surface area contributed by atoms with Crippen LogP contribution in [0.2, 0.25) is 0 Å². The Morgan fingerprint density at radius 2 is 0.477 bits per heavy atom. The third-order valence-corrected chi connectivity index (χ3v) is 20.7. The van der Waals surface area contributed by atoms with Crippen LogP contribution in [-0.4, -0.2) is 95.9 Å². The summed E-state index contributed by atoms with van der Waals surface area (Å²) in [6, 6.07) is 0. The highest BCUT2D eigenvalue weighted by atomic mass is 31.2. The van der Waals surface area contributed by atoms with Crippen LogP contribution >= 0.6 is 15.6 Å². The Morgan fingerprint density at radius 3 is 0.766 bits per heavy atom. The van der Waals surface area contributed by atoms with Crippen LogP contribution in [0.4, 0.5) is 0 Å². The molecule has 16 nitrogen and oxygen atoms in total. The normalized spacial score (nSPS) is 14.5. The summed E-state index contributed by atoms with van der Waals surface area (Å²) in [6.07, 6.45) is 105. The van der Waals surface area contributed by atoms with E-state index in [0.29, 0.717) is 19.3 Å². The molecule has 0 aliphatic heterocycles. The monoisotopic (exact) mass is 1600 g/mol. The summed E-state index contributed by atoms with van der Waals surface area (Å²) < 4.78 is 61.4. The van der Waals surface area contributed by atoms with Crippen molar-refractivity contribution in [2.45, 2.75) is 399 Å². The van der Waals surface area contributed by atoms with Crippen LogP contribution in [0.3, 0.4) is 0 Å². The van der Waals surface area contributed by atoms with E-state index in [1.165, 1.54) is 167 Å². The maximum Gasteiger partial charge on any atom is 0.472 e. The summed E-state index contributed by atoms with van der Waals surface area (Å²) in [7, 11) is -9.80. The zero-order valence-corrected chi connectivity index (χ0v) is 72.1. The number of ether oxygens (including phenoxy) is 3. The molecule has 0 saturated carbocycles. The van der Waals surface area contributed by atoms with Crippen molar-refractivity contribution in [1.29, 1.82) is 0 Å². The van der Waals surface area contributed by atoms with E-state index >= 15 is 0 Å². The predicted octanol–water partition coefficient (Wildman–Crippen LogP) is 27.0. The van der Waals surface area contributed by atoms with E-state index in [-0.39, 0.29) is 19.3 Å². The second-order valence-corrected chi connectivity index (χ2v) is 32.5. The van der Waals surface area contributed by atoms with E-state index in [1.54, 1.807) is 0 Å². The fraction of sp³-hybridized carbons (Fsp3) is 0.731. The molecule has 111 heavy (non-hydrogen) atoms. The first-order valence-corrected chi connectivity index (χ1v) is 47.5. The number of unbranched alkanes of at least 4 members (excludes halogenated alkanes) is 39. The number of phosphoric ester groups is 2. The van der Waals surface area contributed by atoms with E-state index in [4.69, 9.17) is 32.3 Å². The standard InChI is InChI=1S/C93H162O16P2/c1-4-7-10-13-16-19-22-25-28-30-32-34-36-38-40-41-42-43-44-45-47-49-50-52-54-56-59-61-64-67-70-73-76-79-91(96)103-82-88(94)83-105-110(99,100)106-84-89(95)85-107-111(101,102)108-87-90(109-93(98)81-78-75-72-69-66-63-58-27-24-21-18-15-12-9-6-3)86-104-92(97)80-77-74-71-68-65-62-60-57-55-53-51-48-46-39-37-35-33-31-29-26-23-20-17-14-11-8-5-2/h7-8,10-11,16-17,19-20,25-29,32-35,38-40,46,58,88-90,94-95H,4-6,9,12-15,18,21-24,30-31,36-37,41-45,47-57,59-87H2,1-3H3,(H,99,100)(H,101,102)/b10-7-,11-8-,19-16-,20-17-,28-25-,29-26-,34-32-,35-33-,40-38-,46-39-,58-27-. The van der Waals surface area contributed by atoms with Gasteiger partial charge in [0.05, 0.1) is 26.4 Å². The molecule has 18 heteroatoms. The fourth-order valence-electron chi connectivity index (χ4n) is 12.2. The molecule has 0 heterocycles. The molecule has 4 N–H and O–H groups in total. The number of aliphatic hydroxyl groups is 2. The molecule has 0 radical (unpaired) electrons. The molecule has 640 valence electrons. The highest BCUT2D eigenvalue weighted by Gasteiger charge is 2.29. The lowest BCUT2D eigenvalue weighted by atomic mass is 10.0. The number of rotatable bonds is 84. The van der Waals surface area contributed by atoms with Crippen LogP contribution in [0.1, 0.15) is 380 Å². The number of carbonyl (C=O) groups excluding carboxylic acids is 3. The van der Waals surface area contributed by atoms with Crippen LogP contribution in [0.25, 0.3) is 0 Å². The van der Waals surface area contributed by atoms with E-state index < -0.39 is 91.5 Å². The molecule has 0 spiro atoms. The minimum Gasteiger partial charge on any atom is -0.463 e. The molecule has 0 bridgehead atoms. The van der Waals surface area contributed by atoms with Gasteiger partial charge >= 0.3 is 33.6 Å². The van der Waals surface area contributed by atoms with Gasteiger partial charge in [0.15, 0.2) is 6.10 Å².